The Labute approximate surface area is 85.4 Å². The van der Waals surface area contributed by atoms with Gasteiger partial charge in [-0.25, -0.2) is 0 Å². The third-order valence-electron chi connectivity index (χ3n) is 2.81. The number of nitrogens with two attached hydrogens (primary N) is 1. The van der Waals surface area contributed by atoms with Crippen LogP contribution in [0.25, 0.3) is 0 Å². The minimum atomic E-state index is -0.253. The largest absolute Gasteiger partial charge is 0.342 e. The third-order valence-corrected chi connectivity index (χ3v) is 2.81. The van der Waals surface area contributed by atoms with E-state index >= 15 is 0 Å². The molecule has 3 heteroatoms. The van der Waals surface area contributed by atoms with E-state index in [4.69, 9.17) is 12.2 Å². The monoisotopic (exact) mass is 194 g/mol. The van der Waals surface area contributed by atoms with Crippen molar-refractivity contribution in [3.63, 3.8) is 0 Å². The molecule has 1 aliphatic rings. The molecule has 0 aliphatic heterocycles. The SMILES string of the molecule is C#CC(CC)NC(=O)CC1(N)CCC1. The number of hydrogen-bond acceptors (Lipinski definition) is 2. The zero-order valence-electron chi connectivity index (χ0n) is 8.68. The van der Waals surface area contributed by atoms with Gasteiger partial charge in [0.15, 0.2) is 0 Å². The van der Waals surface area contributed by atoms with Gasteiger partial charge in [-0.1, -0.05) is 12.8 Å². The summed E-state index contributed by atoms with van der Waals surface area (Å²) in [5, 5.41) is 2.79. The first-order chi connectivity index (χ1) is 6.59. The molecule has 0 aromatic rings. The lowest BCUT2D eigenvalue weighted by molar-refractivity contribution is -0.123. The third kappa shape index (κ3) is 2.74. The lowest BCUT2D eigenvalue weighted by Gasteiger charge is -2.37. The second kappa shape index (κ2) is 4.47. The quantitative estimate of drug-likeness (QED) is 0.650. The average molecular weight is 194 g/mol. The van der Waals surface area contributed by atoms with Crippen LogP contribution in [-0.2, 0) is 4.79 Å². The maximum absolute atomic E-state index is 11.5. The first kappa shape index (κ1) is 11.1. The Morgan fingerprint density at radius 2 is 2.36 bits per heavy atom. The van der Waals surface area contributed by atoms with E-state index in [9.17, 15) is 4.79 Å². The zero-order chi connectivity index (χ0) is 10.6. The van der Waals surface area contributed by atoms with Crippen LogP contribution in [0, 0.1) is 12.3 Å². The van der Waals surface area contributed by atoms with Gasteiger partial charge in [-0.05, 0) is 25.7 Å². The lowest BCUT2D eigenvalue weighted by atomic mass is 9.75. The molecule has 14 heavy (non-hydrogen) atoms. The van der Waals surface area contributed by atoms with Crippen LogP contribution in [-0.4, -0.2) is 17.5 Å². The van der Waals surface area contributed by atoms with Crippen LogP contribution >= 0.6 is 0 Å². The van der Waals surface area contributed by atoms with E-state index in [1.54, 1.807) is 0 Å². The van der Waals surface area contributed by atoms with Crippen molar-refractivity contribution in [3.05, 3.63) is 0 Å². The first-order valence-electron chi connectivity index (χ1n) is 5.14. The molecular formula is C11H18N2O. The van der Waals surface area contributed by atoms with Crippen molar-refractivity contribution in [2.24, 2.45) is 5.73 Å². The van der Waals surface area contributed by atoms with E-state index in [2.05, 4.69) is 11.2 Å². The topological polar surface area (TPSA) is 55.1 Å². The van der Waals surface area contributed by atoms with Crippen molar-refractivity contribution >= 4 is 5.91 Å². The molecule has 1 unspecified atom stereocenters. The van der Waals surface area contributed by atoms with Crippen LogP contribution < -0.4 is 11.1 Å². The van der Waals surface area contributed by atoms with Gasteiger partial charge in [-0.15, -0.1) is 6.42 Å². The summed E-state index contributed by atoms with van der Waals surface area (Å²) in [6.45, 7) is 1.95. The van der Waals surface area contributed by atoms with Crippen LogP contribution in [0.15, 0.2) is 0 Å². The second-order valence-corrected chi connectivity index (χ2v) is 4.09. The van der Waals surface area contributed by atoms with Crippen molar-refractivity contribution in [3.8, 4) is 12.3 Å². The molecule has 3 nitrogen and oxygen atoms in total. The molecule has 0 saturated heterocycles. The van der Waals surface area contributed by atoms with Gasteiger partial charge in [0.05, 0.1) is 6.04 Å². The summed E-state index contributed by atoms with van der Waals surface area (Å²) < 4.78 is 0. The predicted octanol–water partition coefficient (Wildman–Crippen LogP) is 0.786. The van der Waals surface area contributed by atoms with Gasteiger partial charge in [-0.3, -0.25) is 4.79 Å². The van der Waals surface area contributed by atoms with E-state index < -0.39 is 0 Å². The number of rotatable bonds is 4. The van der Waals surface area contributed by atoms with Gasteiger partial charge >= 0.3 is 0 Å². The number of amides is 1. The van der Waals surface area contributed by atoms with Crippen LogP contribution in [0.2, 0.25) is 0 Å². The average Bonchev–Trinajstić information content (AvgIpc) is 2.11. The fourth-order valence-corrected chi connectivity index (χ4v) is 1.63. The maximum Gasteiger partial charge on any atom is 0.222 e. The number of carbonyl (C=O) groups excluding carboxylic acids is 1. The van der Waals surface area contributed by atoms with E-state index in [1.165, 1.54) is 0 Å². The van der Waals surface area contributed by atoms with Crippen LogP contribution in [0.4, 0.5) is 0 Å². The summed E-state index contributed by atoms with van der Waals surface area (Å²) in [5.41, 5.74) is 5.70. The summed E-state index contributed by atoms with van der Waals surface area (Å²) in [4.78, 5) is 11.5. The molecule has 0 spiro atoms. The Morgan fingerprint density at radius 1 is 1.71 bits per heavy atom. The van der Waals surface area contributed by atoms with Gasteiger partial charge in [0, 0.05) is 12.0 Å². The van der Waals surface area contributed by atoms with Crippen molar-refractivity contribution < 1.29 is 4.79 Å². The van der Waals surface area contributed by atoms with Crippen molar-refractivity contribution in [1.29, 1.82) is 0 Å². The van der Waals surface area contributed by atoms with Gasteiger partial charge in [0.2, 0.25) is 5.91 Å². The first-order valence-corrected chi connectivity index (χ1v) is 5.14. The highest BCUT2D eigenvalue weighted by Gasteiger charge is 2.34. The van der Waals surface area contributed by atoms with E-state index in [0.29, 0.717) is 6.42 Å². The highest BCUT2D eigenvalue weighted by Crippen LogP contribution is 2.31. The van der Waals surface area contributed by atoms with Crippen molar-refractivity contribution in [2.45, 2.75) is 50.6 Å². The van der Waals surface area contributed by atoms with Gasteiger partial charge in [-0.2, -0.15) is 0 Å². The molecule has 3 N–H and O–H groups in total. The van der Waals surface area contributed by atoms with Crippen molar-refractivity contribution in [1.82, 2.24) is 5.32 Å². The van der Waals surface area contributed by atoms with E-state index in [0.717, 1.165) is 25.7 Å². The van der Waals surface area contributed by atoms with Crippen LogP contribution in [0.1, 0.15) is 39.0 Å². The minimum Gasteiger partial charge on any atom is -0.342 e. The molecule has 1 fully saturated rings. The summed E-state index contributed by atoms with van der Waals surface area (Å²) in [5.74, 6) is 2.51. The summed E-state index contributed by atoms with van der Waals surface area (Å²) in [6, 6.07) is -0.147. The number of hydrogen-bond donors (Lipinski definition) is 2. The Morgan fingerprint density at radius 3 is 2.71 bits per heavy atom. The fraction of sp³-hybridized carbons (Fsp3) is 0.727. The Hall–Kier alpha value is -1.01. The van der Waals surface area contributed by atoms with E-state index in [1.807, 2.05) is 6.92 Å². The maximum atomic E-state index is 11.5. The molecule has 0 radical (unpaired) electrons. The Kier molecular flexibility index (Phi) is 3.54. The van der Waals surface area contributed by atoms with Crippen LogP contribution in [0.3, 0.4) is 0 Å². The molecule has 78 valence electrons. The second-order valence-electron chi connectivity index (χ2n) is 4.09. The molecule has 1 amide bonds. The summed E-state index contributed by atoms with van der Waals surface area (Å²) in [6.07, 6.45) is 9.46. The minimum absolute atomic E-state index is 0.0167. The van der Waals surface area contributed by atoms with Crippen LogP contribution in [0.5, 0.6) is 0 Å². The Bertz CT molecular complexity index is 251. The molecule has 1 saturated carbocycles. The number of carbonyl (C=O) groups is 1. The summed E-state index contributed by atoms with van der Waals surface area (Å²) in [7, 11) is 0. The highest BCUT2D eigenvalue weighted by molar-refractivity contribution is 5.78. The molecular weight excluding hydrogens is 176 g/mol. The predicted molar refractivity (Wildman–Crippen MR) is 56.4 cm³/mol. The molecule has 1 atom stereocenters. The van der Waals surface area contributed by atoms with Gasteiger partial charge in [0.1, 0.15) is 0 Å². The van der Waals surface area contributed by atoms with Crippen molar-refractivity contribution in [2.75, 3.05) is 0 Å². The molecule has 1 rings (SSSR count). The standard InChI is InChI=1S/C11H18N2O/c1-3-9(4-2)13-10(14)8-11(12)6-5-7-11/h1,9H,4-8,12H2,2H3,(H,13,14). The Balaban J connectivity index is 2.32. The fourth-order valence-electron chi connectivity index (χ4n) is 1.63. The zero-order valence-corrected chi connectivity index (χ0v) is 8.68. The molecule has 0 bridgehead atoms. The van der Waals surface area contributed by atoms with Gasteiger partial charge < -0.3 is 11.1 Å². The molecule has 0 heterocycles. The van der Waals surface area contributed by atoms with Gasteiger partial charge in [0.25, 0.3) is 0 Å². The number of nitrogens with one attached hydrogen (secondary N) is 1. The lowest BCUT2D eigenvalue weighted by Crippen LogP contribution is -2.50. The van der Waals surface area contributed by atoms with E-state index in [-0.39, 0.29) is 17.5 Å². The molecule has 0 aromatic heterocycles. The summed E-state index contributed by atoms with van der Waals surface area (Å²) >= 11 is 0. The normalized spacial score (nSPS) is 20.4. The molecule has 1 aliphatic carbocycles. The smallest absolute Gasteiger partial charge is 0.222 e. The number of terminal acetylenes is 1. The highest BCUT2D eigenvalue weighted by atomic mass is 16.1. The molecule has 0 aromatic carbocycles.